The summed E-state index contributed by atoms with van der Waals surface area (Å²) in [4.78, 5) is 13.7. The molecule has 0 rings (SSSR count). The summed E-state index contributed by atoms with van der Waals surface area (Å²) < 4.78 is 4.78. The minimum atomic E-state index is -0.434. The van der Waals surface area contributed by atoms with Crippen molar-refractivity contribution in [1.29, 1.82) is 0 Å². The maximum atomic E-state index is 11.5. The van der Waals surface area contributed by atoms with Gasteiger partial charge in [-0.3, -0.25) is 4.79 Å². The second-order valence-corrected chi connectivity index (χ2v) is 5.51. The Balaban J connectivity index is 4.26. The first-order chi connectivity index (χ1) is 6.85. The number of nitrogens with zero attached hydrogens (tertiary/aromatic N) is 1. The van der Waals surface area contributed by atoms with E-state index >= 15 is 0 Å². The minimum Gasteiger partial charge on any atom is -0.469 e. The van der Waals surface area contributed by atoms with Gasteiger partial charge in [-0.25, -0.2) is 0 Å². The first-order valence-corrected chi connectivity index (χ1v) is 6.52. The largest absolute Gasteiger partial charge is 0.469 e. The smallest absolute Gasteiger partial charge is 0.312 e. The van der Waals surface area contributed by atoms with Gasteiger partial charge in [0.05, 0.1) is 12.5 Å². The number of ether oxygens (including phenoxy) is 1. The number of carbonyl (C=O) groups excluding carboxylic acids is 1. The molecule has 0 saturated heterocycles. The van der Waals surface area contributed by atoms with Gasteiger partial charge in [-0.2, -0.15) is 11.8 Å². The molecule has 1 unspecified atom stereocenters. The predicted octanol–water partition coefficient (Wildman–Crippen LogP) is 1.87. The monoisotopic (exact) mass is 233 g/mol. The predicted molar refractivity (Wildman–Crippen MR) is 66.3 cm³/mol. The molecule has 0 N–H and O–H groups in total. The normalized spacial score (nSPS) is 14.1. The molecule has 90 valence electrons. The molecular formula is C11H23NO2S. The second kappa shape index (κ2) is 6.38. The van der Waals surface area contributed by atoms with E-state index in [9.17, 15) is 4.79 Å². The summed E-state index contributed by atoms with van der Waals surface area (Å²) in [6, 6.07) is 0.476. The molecule has 1 atom stereocenters. The number of methoxy groups -OCH3 is 1. The quantitative estimate of drug-likeness (QED) is 0.655. The van der Waals surface area contributed by atoms with Crippen LogP contribution in [0.25, 0.3) is 0 Å². The van der Waals surface area contributed by atoms with Crippen LogP contribution >= 0.6 is 11.8 Å². The molecular weight excluding hydrogens is 210 g/mol. The van der Waals surface area contributed by atoms with Gasteiger partial charge >= 0.3 is 5.97 Å². The van der Waals surface area contributed by atoms with E-state index in [1.54, 1.807) is 0 Å². The zero-order chi connectivity index (χ0) is 12.1. The van der Waals surface area contributed by atoms with E-state index < -0.39 is 5.41 Å². The Labute approximate surface area is 97.5 Å². The lowest BCUT2D eigenvalue weighted by Gasteiger charge is -2.31. The van der Waals surface area contributed by atoms with Crippen LogP contribution in [0.5, 0.6) is 0 Å². The highest BCUT2D eigenvalue weighted by Gasteiger charge is 2.31. The fraction of sp³-hybridized carbons (Fsp3) is 0.909. The Hall–Kier alpha value is -0.220. The highest BCUT2D eigenvalue weighted by atomic mass is 32.2. The van der Waals surface area contributed by atoms with Crippen molar-refractivity contribution < 1.29 is 9.53 Å². The van der Waals surface area contributed by atoms with E-state index in [4.69, 9.17) is 4.74 Å². The minimum absolute atomic E-state index is 0.147. The van der Waals surface area contributed by atoms with Gasteiger partial charge in [0.15, 0.2) is 0 Å². The molecule has 0 aliphatic carbocycles. The Bertz CT molecular complexity index is 207. The summed E-state index contributed by atoms with van der Waals surface area (Å²) in [5, 5.41) is 0. The van der Waals surface area contributed by atoms with Crippen molar-refractivity contribution in [2.75, 3.05) is 32.7 Å². The van der Waals surface area contributed by atoms with Crippen LogP contribution in [-0.2, 0) is 9.53 Å². The van der Waals surface area contributed by atoms with Crippen LogP contribution in [0.1, 0.15) is 20.8 Å². The average Bonchev–Trinajstić information content (AvgIpc) is 2.16. The maximum absolute atomic E-state index is 11.5. The van der Waals surface area contributed by atoms with E-state index in [2.05, 4.69) is 18.1 Å². The zero-order valence-corrected chi connectivity index (χ0v) is 11.5. The van der Waals surface area contributed by atoms with Crippen LogP contribution in [0.15, 0.2) is 0 Å². The van der Waals surface area contributed by atoms with Gasteiger partial charge in [0, 0.05) is 18.3 Å². The first kappa shape index (κ1) is 14.8. The summed E-state index contributed by atoms with van der Waals surface area (Å²) in [6.45, 7) is 6.73. The van der Waals surface area contributed by atoms with Crippen molar-refractivity contribution in [3.8, 4) is 0 Å². The second-order valence-electron chi connectivity index (χ2n) is 4.59. The Morgan fingerprint density at radius 1 is 1.53 bits per heavy atom. The molecule has 0 saturated carbocycles. The van der Waals surface area contributed by atoms with Gasteiger partial charge < -0.3 is 9.64 Å². The molecule has 0 heterocycles. The molecule has 0 aliphatic heterocycles. The summed E-state index contributed by atoms with van der Waals surface area (Å²) in [5.41, 5.74) is -0.434. The number of rotatable bonds is 6. The lowest BCUT2D eigenvalue weighted by Crippen LogP contribution is -2.42. The van der Waals surface area contributed by atoms with Crippen LogP contribution in [0.2, 0.25) is 0 Å². The summed E-state index contributed by atoms with van der Waals surface area (Å²) in [6.07, 6.45) is 2.09. The first-order valence-electron chi connectivity index (χ1n) is 5.12. The number of hydrogen-bond donors (Lipinski definition) is 0. The maximum Gasteiger partial charge on any atom is 0.312 e. The zero-order valence-electron chi connectivity index (χ0n) is 10.7. The van der Waals surface area contributed by atoms with Gasteiger partial charge in [0.25, 0.3) is 0 Å². The van der Waals surface area contributed by atoms with E-state index in [-0.39, 0.29) is 5.97 Å². The fourth-order valence-corrected chi connectivity index (χ4v) is 2.23. The fourth-order valence-electron chi connectivity index (χ4n) is 1.49. The third-order valence-corrected chi connectivity index (χ3v) is 3.36. The highest BCUT2D eigenvalue weighted by Crippen LogP contribution is 2.19. The van der Waals surface area contributed by atoms with Crippen molar-refractivity contribution in [3.05, 3.63) is 0 Å². The molecule has 3 nitrogen and oxygen atoms in total. The molecule has 0 aliphatic rings. The number of hydrogen-bond acceptors (Lipinski definition) is 4. The van der Waals surface area contributed by atoms with E-state index in [0.717, 1.165) is 12.3 Å². The molecule has 0 fully saturated rings. The summed E-state index contributed by atoms with van der Waals surface area (Å²) in [7, 11) is 3.49. The molecule has 0 aromatic heterocycles. The van der Waals surface area contributed by atoms with Crippen LogP contribution in [0, 0.1) is 5.41 Å². The molecule has 0 aromatic rings. The third-order valence-electron chi connectivity index (χ3n) is 2.54. The van der Waals surface area contributed by atoms with E-state index in [1.807, 2.05) is 32.7 Å². The molecule has 0 bridgehead atoms. The van der Waals surface area contributed by atoms with Gasteiger partial charge in [0.1, 0.15) is 0 Å². The molecule has 0 amide bonds. The molecule has 4 heteroatoms. The van der Waals surface area contributed by atoms with Gasteiger partial charge in [-0.15, -0.1) is 0 Å². The van der Waals surface area contributed by atoms with Crippen molar-refractivity contribution in [2.24, 2.45) is 5.41 Å². The summed E-state index contributed by atoms with van der Waals surface area (Å²) >= 11 is 1.82. The van der Waals surface area contributed by atoms with Crippen LogP contribution < -0.4 is 0 Å². The number of thioether (sulfide) groups is 1. The van der Waals surface area contributed by atoms with Crippen LogP contribution in [0.4, 0.5) is 0 Å². The Kier molecular flexibility index (Phi) is 6.29. The van der Waals surface area contributed by atoms with Gasteiger partial charge in [-0.1, -0.05) is 0 Å². The SMILES string of the molecule is COC(=O)C(C)(C)CN(C)C(C)CSC. The lowest BCUT2D eigenvalue weighted by atomic mass is 9.93. The average molecular weight is 233 g/mol. The van der Waals surface area contributed by atoms with Crippen LogP contribution in [0.3, 0.4) is 0 Å². The van der Waals surface area contributed by atoms with Crippen molar-refractivity contribution in [2.45, 2.75) is 26.8 Å². The molecule has 0 spiro atoms. The number of esters is 1. The van der Waals surface area contributed by atoms with Crippen LogP contribution in [-0.4, -0.2) is 49.6 Å². The lowest BCUT2D eigenvalue weighted by molar-refractivity contribution is -0.151. The van der Waals surface area contributed by atoms with Gasteiger partial charge in [0.2, 0.25) is 0 Å². The Morgan fingerprint density at radius 2 is 2.07 bits per heavy atom. The summed E-state index contributed by atoms with van der Waals surface area (Å²) in [5.74, 6) is 0.930. The molecule has 0 radical (unpaired) electrons. The van der Waals surface area contributed by atoms with Crippen molar-refractivity contribution in [1.82, 2.24) is 4.90 Å². The number of carbonyl (C=O) groups is 1. The Morgan fingerprint density at radius 3 is 2.47 bits per heavy atom. The molecule has 0 aromatic carbocycles. The van der Waals surface area contributed by atoms with Crippen molar-refractivity contribution in [3.63, 3.8) is 0 Å². The standard InChI is InChI=1S/C11H23NO2S/c1-9(7-15-6)12(4)8-11(2,3)10(13)14-5/h9H,7-8H2,1-6H3. The topological polar surface area (TPSA) is 29.5 Å². The molecule has 15 heavy (non-hydrogen) atoms. The third kappa shape index (κ3) is 4.89. The van der Waals surface area contributed by atoms with E-state index in [0.29, 0.717) is 6.04 Å². The van der Waals surface area contributed by atoms with Gasteiger partial charge in [-0.05, 0) is 34.1 Å². The van der Waals surface area contributed by atoms with Crippen molar-refractivity contribution >= 4 is 17.7 Å². The highest BCUT2D eigenvalue weighted by molar-refractivity contribution is 7.98. The van der Waals surface area contributed by atoms with E-state index in [1.165, 1.54) is 7.11 Å².